The average molecular weight is 350 g/mol. The van der Waals surface area contributed by atoms with Crippen molar-refractivity contribution in [1.82, 2.24) is 20.2 Å². The molecular weight excluding hydrogens is 328 g/mol. The van der Waals surface area contributed by atoms with E-state index < -0.39 is 0 Å². The Morgan fingerprint density at radius 1 is 0.962 bits per heavy atom. The maximum absolute atomic E-state index is 6.22. The molecule has 0 amide bonds. The normalized spacial score (nSPS) is 14.5. The number of methoxy groups -OCH3 is 1. The van der Waals surface area contributed by atoms with E-state index in [2.05, 4.69) is 33.7 Å². The molecule has 6 heteroatoms. The van der Waals surface area contributed by atoms with Gasteiger partial charge >= 0.3 is 0 Å². The summed E-state index contributed by atoms with van der Waals surface area (Å²) in [6.07, 6.45) is 4.99. The molecule has 26 heavy (non-hydrogen) atoms. The van der Waals surface area contributed by atoms with Gasteiger partial charge in [-0.1, -0.05) is 24.3 Å². The summed E-state index contributed by atoms with van der Waals surface area (Å²) in [6.45, 7) is 0. The van der Waals surface area contributed by atoms with Crippen LogP contribution in [0.25, 0.3) is 22.5 Å². The zero-order valence-corrected chi connectivity index (χ0v) is 15.1. The zero-order chi connectivity index (χ0) is 17.9. The lowest BCUT2D eigenvalue weighted by Gasteiger charge is -2.17. The Labute approximate surface area is 152 Å². The summed E-state index contributed by atoms with van der Waals surface area (Å²) in [6, 6.07) is 14.3. The summed E-state index contributed by atoms with van der Waals surface area (Å²) >= 11 is 0. The Morgan fingerprint density at radius 3 is 2.46 bits per heavy atom. The summed E-state index contributed by atoms with van der Waals surface area (Å²) < 4.78 is 13.4. The quantitative estimate of drug-likeness (QED) is 0.699. The molecule has 0 unspecified atom stereocenters. The van der Waals surface area contributed by atoms with Crippen molar-refractivity contribution in [2.75, 3.05) is 7.11 Å². The summed E-state index contributed by atoms with van der Waals surface area (Å²) in [5.74, 6) is 2.32. The van der Waals surface area contributed by atoms with E-state index in [-0.39, 0.29) is 6.10 Å². The lowest BCUT2D eigenvalue weighted by atomic mass is 10.0. The van der Waals surface area contributed by atoms with E-state index in [1.54, 1.807) is 11.8 Å². The van der Waals surface area contributed by atoms with Crippen molar-refractivity contribution in [2.24, 2.45) is 7.05 Å². The zero-order valence-electron chi connectivity index (χ0n) is 15.1. The Bertz CT molecular complexity index is 900. The third-order valence-electron chi connectivity index (χ3n) is 4.83. The largest absolute Gasteiger partial charge is 0.493 e. The Hall–Kier alpha value is -2.89. The van der Waals surface area contributed by atoms with Crippen molar-refractivity contribution in [3.63, 3.8) is 0 Å². The summed E-state index contributed by atoms with van der Waals surface area (Å²) in [7, 11) is 3.52. The first kappa shape index (κ1) is 16.6. The molecule has 0 bridgehead atoms. The topological polar surface area (TPSA) is 62.1 Å². The van der Waals surface area contributed by atoms with Gasteiger partial charge in [0.25, 0.3) is 0 Å². The van der Waals surface area contributed by atoms with Gasteiger partial charge in [-0.25, -0.2) is 4.68 Å². The fourth-order valence-electron chi connectivity index (χ4n) is 3.45. The predicted octanol–water partition coefficient (Wildman–Crippen LogP) is 3.87. The van der Waals surface area contributed by atoms with E-state index in [0.29, 0.717) is 0 Å². The number of benzene rings is 2. The summed E-state index contributed by atoms with van der Waals surface area (Å²) in [5.41, 5.74) is 3.14. The lowest BCUT2D eigenvalue weighted by molar-refractivity contribution is 0.201. The fraction of sp³-hybridized carbons (Fsp3) is 0.350. The second-order valence-electron chi connectivity index (χ2n) is 6.60. The molecule has 0 N–H and O–H groups in total. The van der Waals surface area contributed by atoms with Crippen molar-refractivity contribution in [3.8, 4) is 34.0 Å². The lowest BCUT2D eigenvalue weighted by Crippen LogP contribution is -2.11. The first-order valence-electron chi connectivity index (χ1n) is 8.92. The Balaban J connectivity index is 1.68. The highest BCUT2D eigenvalue weighted by molar-refractivity contribution is 5.72. The SMILES string of the molecule is COc1ccc(-c2cccc(-c3nnnn3C)c2)cc1OC1CCCC1. The minimum absolute atomic E-state index is 0.287. The number of tetrazole rings is 1. The van der Waals surface area contributed by atoms with E-state index >= 15 is 0 Å². The number of nitrogens with zero attached hydrogens (tertiary/aromatic N) is 4. The number of aromatic nitrogens is 4. The van der Waals surface area contributed by atoms with Gasteiger partial charge in [-0.3, -0.25) is 0 Å². The van der Waals surface area contributed by atoms with Gasteiger partial charge in [0.2, 0.25) is 0 Å². The molecule has 1 aliphatic rings. The van der Waals surface area contributed by atoms with Crippen LogP contribution in [0, 0.1) is 0 Å². The minimum atomic E-state index is 0.287. The number of hydrogen-bond donors (Lipinski definition) is 0. The molecular formula is C20H22N4O2. The van der Waals surface area contributed by atoms with Crippen LogP contribution in [-0.4, -0.2) is 33.4 Å². The first-order valence-corrected chi connectivity index (χ1v) is 8.92. The van der Waals surface area contributed by atoms with Crippen LogP contribution >= 0.6 is 0 Å². The molecule has 1 heterocycles. The van der Waals surface area contributed by atoms with E-state index in [1.165, 1.54) is 12.8 Å². The van der Waals surface area contributed by atoms with E-state index in [9.17, 15) is 0 Å². The smallest absolute Gasteiger partial charge is 0.181 e. The second kappa shape index (κ2) is 7.15. The van der Waals surface area contributed by atoms with Crippen molar-refractivity contribution in [2.45, 2.75) is 31.8 Å². The third kappa shape index (κ3) is 3.27. The van der Waals surface area contributed by atoms with Crippen molar-refractivity contribution in [3.05, 3.63) is 42.5 Å². The molecule has 0 atom stereocenters. The van der Waals surface area contributed by atoms with Crippen LogP contribution in [0.3, 0.4) is 0 Å². The van der Waals surface area contributed by atoms with Crippen LogP contribution in [0.4, 0.5) is 0 Å². The molecule has 1 saturated carbocycles. The van der Waals surface area contributed by atoms with Gasteiger partial charge in [-0.15, -0.1) is 5.10 Å². The van der Waals surface area contributed by atoms with Crippen molar-refractivity contribution in [1.29, 1.82) is 0 Å². The molecule has 1 aliphatic carbocycles. The van der Waals surface area contributed by atoms with Gasteiger partial charge < -0.3 is 9.47 Å². The molecule has 3 aromatic rings. The highest BCUT2D eigenvalue weighted by Crippen LogP contribution is 2.36. The summed E-state index contributed by atoms with van der Waals surface area (Å²) in [4.78, 5) is 0. The highest BCUT2D eigenvalue weighted by Gasteiger charge is 2.19. The van der Waals surface area contributed by atoms with Gasteiger partial charge in [0.15, 0.2) is 17.3 Å². The summed E-state index contributed by atoms with van der Waals surface area (Å²) in [5, 5.41) is 11.7. The minimum Gasteiger partial charge on any atom is -0.493 e. The Morgan fingerprint density at radius 2 is 1.73 bits per heavy atom. The van der Waals surface area contributed by atoms with Gasteiger partial charge in [0.05, 0.1) is 13.2 Å². The molecule has 0 saturated heterocycles. The molecule has 2 aromatic carbocycles. The van der Waals surface area contributed by atoms with Crippen molar-refractivity contribution < 1.29 is 9.47 Å². The van der Waals surface area contributed by atoms with E-state index in [0.717, 1.165) is 46.9 Å². The third-order valence-corrected chi connectivity index (χ3v) is 4.83. The van der Waals surface area contributed by atoms with Gasteiger partial charge in [0.1, 0.15) is 0 Å². The number of aryl methyl sites for hydroxylation is 1. The predicted molar refractivity (Wildman–Crippen MR) is 99.1 cm³/mol. The van der Waals surface area contributed by atoms with Gasteiger partial charge in [0, 0.05) is 12.6 Å². The number of rotatable bonds is 5. The second-order valence-corrected chi connectivity index (χ2v) is 6.60. The van der Waals surface area contributed by atoms with Crippen LogP contribution in [0.2, 0.25) is 0 Å². The maximum atomic E-state index is 6.22. The molecule has 4 rings (SSSR count). The first-order chi connectivity index (χ1) is 12.7. The number of ether oxygens (including phenoxy) is 2. The monoisotopic (exact) mass is 350 g/mol. The molecule has 1 fully saturated rings. The highest BCUT2D eigenvalue weighted by atomic mass is 16.5. The molecule has 0 radical (unpaired) electrons. The van der Waals surface area contributed by atoms with Crippen LogP contribution in [0.15, 0.2) is 42.5 Å². The van der Waals surface area contributed by atoms with E-state index in [1.807, 2.05) is 31.3 Å². The van der Waals surface area contributed by atoms with Crippen LogP contribution in [0.5, 0.6) is 11.5 Å². The molecule has 0 spiro atoms. The van der Waals surface area contributed by atoms with Crippen LogP contribution in [-0.2, 0) is 7.05 Å². The standard InChI is InChI=1S/C20H22N4O2/c1-24-20(21-22-23-24)16-7-5-6-14(12-16)15-10-11-18(25-2)19(13-15)26-17-8-3-4-9-17/h5-7,10-13,17H,3-4,8-9H2,1-2H3. The van der Waals surface area contributed by atoms with Gasteiger partial charge in [-0.2, -0.15) is 0 Å². The Kier molecular flexibility index (Phi) is 4.56. The molecule has 6 nitrogen and oxygen atoms in total. The molecule has 1 aromatic heterocycles. The molecule has 0 aliphatic heterocycles. The van der Waals surface area contributed by atoms with Crippen LogP contribution < -0.4 is 9.47 Å². The average Bonchev–Trinajstić information content (AvgIpc) is 3.33. The fourth-order valence-corrected chi connectivity index (χ4v) is 3.45. The van der Waals surface area contributed by atoms with E-state index in [4.69, 9.17) is 9.47 Å². The number of hydrogen-bond acceptors (Lipinski definition) is 5. The van der Waals surface area contributed by atoms with Crippen LogP contribution in [0.1, 0.15) is 25.7 Å². The maximum Gasteiger partial charge on any atom is 0.181 e. The van der Waals surface area contributed by atoms with Gasteiger partial charge in [-0.05, 0) is 65.4 Å². The molecule has 134 valence electrons. The van der Waals surface area contributed by atoms with Crippen molar-refractivity contribution >= 4 is 0 Å².